The number of piperazine rings is 1. The van der Waals surface area contributed by atoms with Crippen LogP contribution in [-0.2, 0) is 14.3 Å². The van der Waals surface area contributed by atoms with Gasteiger partial charge in [-0.25, -0.2) is 0 Å². The lowest BCUT2D eigenvalue weighted by Crippen LogP contribution is -2.66. The highest BCUT2D eigenvalue weighted by molar-refractivity contribution is 5.96. The van der Waals surface area contributed by atoms with E-state index in [1.54, 1.807) is 12.0 Å². The monoisotopic (exact) mass is 268 g/mol. The van der Waals surface area contributed by atoms with Crippen molar-refractivity contribution in [3.05, 3.63) is 0 Å². The Morgan fingerprint density at radius 3 is 2.42 bits per heavy atom. The predicted octanol–water partition coefficient (Wildman–Crippen LogP) is 1.07. The summed E-state index contributed by atoms with van der Waals surface area (Å²) < 4.78 is 5.60. The molecule has 1 saturated carbocycles. The van der Waals surface area contributed by atoms with E-state index in [4.69, 9.17) is 4.74 Å². The molecule has 108 valence electrons. The van der Waals surface area contributed by atoms with Gasteiger partial charge in [0.1, 0.15) is 12.1 Å². The third-order valence-electron chi connectivity index (χ3n) is 4.53. The summed E-state index contributed by atoms with van der Waals surface area (Å²) >= 11 is 0. The molecule has 2 fully saturated rings. The Morgan fingerprint density at radius 2 is 2.00 bits per heavy atom. The number of nitrogens with one attached hydrogen (secondary N) is 1. The van der Waals surface area contributed by atoms with Gasteiger partial charge in [0, 0.05) is 7.11 Å². The lowest BCUT2D eigenvalue weighted by atomic mass is 9.79. The van der Waals surface area contributed by atoms with E-state index in [1.807, 2.05) is 13.8 Å². The van der Waals surface area contributed by atoms with Gasteiger partial charge in [-0.2, -0.15) is 0 Å². The maximum absolute atomic E-state index is 12.5. The van der Waals surface area contributed by atoms with Crippen molar-refractivity contribution in [3.8, 4) is 0 Å². The fourth-order valence-electron chi connectivity index (χ4n) is 3.00. The minimum absolute atomic E-state index is 0.0282. The summed E-state index contributed by atoms with van der Waals surface area (Å²) in [5, 5.41) is 2.82. The second-order valence-corrected chi connectivity index (χ2v) is 5.60. The zero-order chi connectivity index (χ0) is 14.0. The number of carbonyl (C=O) groups excluding carboxylic acids is 2. The Labute approximate surface area is 114 Å². The van der Waals surface area contributed by atoms with Gasteiger partial charge in [0.2, 0.25) is 11.8 Å². The van der Waals surface area contributed by atoms with Gasteiger partial charge in [-0.05, 0) is 32.1 Å². The molecule has 5 heteroatoms. The lowest BCUT2D eigenvalue weighted by Gasteiger charge is -2.47. The van der Waals surface area contributed by atoms with Crippen LogP contribution in [0, 0.1) is 0 Å². The van der Waals surface area contributed by atoms with Crippen LogP contribution in [0.1, 0.15) is 46.0 Å². The van der Waals surface area contributed by atoms with E-state index in [0.717, 1.165) is 19.3 Å². The third-order valence-corrected chi connectivity index (χ3v) is 4.53. The topological polar surface area (TPSA) is 58.6 Å². The second-order valence-electron chi connectivity index (χ2n) is 5.60. The average molecular weight is 268 g/mol. The van der Waals surface area contributed by atoms with Gasteiger partial charge in [-0.1, -0.05) is 13.8 Å². The van der Waals surface area contributed by atoms with E-state index in [-0.39, 0.29) is 29.5 Å². The van der Waals surface area contributed by atoms with Crippen molar-refractivity contribution in [2.75, 3.05) is 13.7 Å². The molecule has 1 N–H and O–H groups in total. The summed E-state index contributed by atoms with van der Waals surface area (Å²) in [6.45, 7) is 4.41. The first kappa shape index (κ1) is 14.3. The van der Waals surface area contributed by atoms with Gasteiger partial charge in [-0.3, -0.25) is 9.59 Å². The molecule has 1 aliphatic carbocycles. The Bertz CT molecular complexity index is 360. The Hall–Kier alpha value is -1.10. The number of ether oxygens (including phenoxy) is 1. The molecule has 19 heavy (non-hydrogen) atoms. The molecule has 0 aromatic carbocycles. The molecule has 2 amide bonds. The van der Waals surface area contributed by atoms with Crippen LogP contribution in [0.3, 0.4) is 0 Å². The summed E-state index contributed by atoms with van der Waals surface area (Å²) in [5.41, 5.74) is -0.223. The van der Waals surface area contributed by atoms with Gasteiger partial charge in [0.15, 0.2) is 0 Å². The highest BCUT2D eigenvalue weighted by Crippen LogP contribution is 2.36. The van der Waals surface area contributed by atoms with Gasteiger partial charge in [-0.15, -0.1) is 0 Å². The fraction of sp³-hybridized carbons (Fsp3) is 0.857. The van der Waals surface area contributed by atoms with E-state index in [2.05, 4.69) is 5.32 Å². The van der Waals surface area contributed by atoms with Crippen molar-refractivity contribution in [3.63, 3.8) is 0 Å². The lowest BCUT2D eigenvalue weighted by molar-refractivity contribution is -0.159. The second kappa shape index (κ2) is 5.49. The molecule has 0 spiro atoms. The largest absolute Gasteiger partial charge is 0.376 e. The van der Waals surface area contributed by atoms with Gasteiger partial charge >= 0.3 is 0 Å². The van der Waals surface area contributed by atoms with Crippen LogP contribution in [0.15, 0.2) is 0 Å². The number of carbonyl (C=O) groups is 2. The van der Waals surface area contributed by atoms with Gasteiger partial charge in [0.05, 0.1) is 12.1 Å². The van der Waals surface area contributed by atoms with Gasteiger partial charge in [0.25, 0.3) is 0 Å². The van der Waals surface area contributed by atoms with E-state index >= 15 is 0 Å². The average Bonchev–Trinajstić information content (AvgIpc) is 2.37. The van der Waals surface area contributed by atoms with Crippen molar-refractivity contribution in [2.45, 2.75) is 63.6 Å². The molecule has 0 bridgehead atoms. The molecule has 2 rings (SSSR count). The first-order chi connectivity index (χ1) is 9.06. The maximum Gasteiger partial charge on any atom is 0.245 e. The minimum atomic E-state index is -0.371. The summed E-state index contributed by atoms with van der Waals surface area (Å²) in [6.07, 6.45) is 4.37. The summed E-state index contributed by atoms with van der Waals surface area (Å²) in [7, 11) is 1.70. The summed E-state index contributed by atoms with van der Waals surface area (Å²) in [5.74, 6) is 0.0109. The van der Waals surface area contributed by atoms with E-state index in [0.29, 0.717) is 19.4 Å². The third kappa shape index (κ3) is 2.48. The van der Waals surface area contributed by atoms with Gasteiger partial charge < -0.3 is 15.0 Å². The van der Waals surface area contributed by atoms with Crippen molar-refractivity contribution >= 4 is 11.8 Å². The molecule has 0 aromatic heterocycles. The van der Waals surface area contributed by atoms with Crippen LogP contribution in [0.4, 0.5) is 0 Å². The van der Waals surface area contributed by atoms with E-state index in [9.17, 15) is 9.59 Å². The van der Waals surface area contributed by atoms with Crippen molar-refractivity contribution in [1.29, 1.82) is 0 Å². The van der Waals surface area contributed by atoms with Crippen molar-refractivity contribution in [1.82, 2.24) is 10.2 Å². The maximum atomic E-state index is 12.5. The van der Waals surface area contributed by atoms with Crippen LogP contribution < -0.4 is 5.32 Å². The Kier molecular flexibility index (Phi) is 4.13. The number of rotatable bonds is 5. The number of hydrogen-bond acceptors (Lipinski definition) is 3. The molecule has 2 aliphatic rings. The molecule has 0 radical (unpaired) electrons. The Balaban J connectivity index is 2.17. The van der Waals surface area contributed by atoms with Crippen LogP contribution in [-0.4, -0.2) is 48.1 Å². The van der Waals surface area contributed by atoms with E-state index < -0.39 is 0 Å². The first-order valence-corrected chi connectivity index (χ1v) is 7.23. The van der Waals surface area contributed by atoms with Crippen molar-refractivity contribution in [2.24, 2.45) is 0 Å². The molecule has 0 aromatic rings. The molecule has 1 aliphatic heterocycles. The van der Waals surface area contributed by atoms with Crippen LogP contribution in [0.2, 0.25) is 0 Å². The number of hydrogen-bond donors (Lipinski definition) is 1. The SMILES string of the molecule is CCC1NC(=O)C(CC)N(CC2(OC)CCC2)C1=O. The smallest absolute Gasteiger partial charge is 0.245 e. The zero-order valence-electron chi connectivity index (χ0n) is 12.1. The highest BCUT2D eigenvalue weighted by atomic mass is 16.5. The van der Waals surface area contributed by atoms with E-state index in [1.165, 1.54) is 0 Å². The number of nitrogens with zero attached hydrogens (tertiary/aromatic N) is 1. The predicted molar refractivity (Wildman–Crippen MR) is 71.6 cm³/mol. The quantitative estimate of drug-likeness (QED) is 0.811. The van der Waals surface area contributed by atoms with Crippen LogP contribution >= 0.6 is 0 Å². The first-order valence-electron chi connectivity index (χ1n) is 7.23. The molecular formula is C14H24N2O3. The molecule has 1 heterocycles. The number of amides is 2. The Morgan fingerprint density at radius 1 is 1.32 bits per heavy atom. The van der Waals surface area contributed by atoms with Crippen LogP contribution in [0.25, 0.3) is 0 Å². The summed E-state index contributed by atoms with van der Waals surface area (Å²) in [4.78, 5) is 26.3. The standard InChI is InChI=1S/C14H24N2O3/c1-4-10-13(18)16(11(5-2)12(17)15-10)9-14(19-3)7-6-8-14/h10-11H,4-9H2,1-3H3,(H,15,17). The normalized spacial score (nSPS) is 29.9. The molecule has 1 saturated heterocycles. The highest BCUT2D eigenvalue weighted by Gasteiger charge is 2.45. The molecular weight excluding hydrogens is 244 g/mol. The van der Waals surface area contributed by atoms with Crippen molar-refractivity contribution < 1.29 is 14.3 Å². The number of methoxy groups -OCH3 is 1. The fourth-order valence-corrected chi connectivity index (χ4v) is 3.00. The summed E-state index contributed by atoms with van der Waals surface area (Å²) in [6, 6.07) is -0.716. The van der Waals surface area contributed by atoms with Crippen LogP contribution in [0.5, 0.6) is 0 Å². The zero-order valence-corrected chi connectivity index (χ0v) is 12.1. The molecule has 2 unspecified atom stereocenters. The molecule has 5 nitrogen and oxygen atoms in total. The minimum Gasteiger partial charge on any atom is -0.376 e. The molecule has 2 atom stereocenters.